The number of hydrogen-bond donors (Lipinski definition) is 1. The van der Waals surface area contributed by atoms with Crippen LogP contribution < -0.4 is 10.6 Å². The number of nitrogen functional groups attached to an aromatic ring is 1. The molecule has 5 nitrogen and oxygen atoms in total. The third-order valence-electron chi connectivity index (χ3n) is 3.79. The highest BCUT2D eigenvalue weighted by Crippen LogP contribution is 2.24. The number of piperazine rings is 1. The van der Waals surface area contributed by atoms with Crippen molar-refractivity contribution >= 4 is 23.1 Å². The Morgan fingerprint density at radius 3 is 2.38 bits per heavy atom. The summed E-state index contributed by atoms with van der Waals surface area (Å²) < 4.78 is 0. The van der Waals surface area contributed by atoms with Gasteiger partial charge < -0.3 is 15.5 Å². The van der Waals surface area contributed by atoms with E-state index in [1.165, 1.54) is 5.69 Å². The van der Waals surface area contributed by atoms with Crippen LogP contribution >= 0.6 is 11.6 Å². The number of likely N-dealkylation sites (N-methyl/N-ethyl adjacent to an activating group) is 1. The summed E-state index contributed by atoms with van der Waals surface area (Å²) in [6.07, 6.45) is 1.64. The Balaban J connectivity index is 1.79. The fourth-order valence-electron chi connectivity index (χ4n) is 2.42. The molecule has 0 saturated carbocycles. The van der Waals surface area contributed by atoms with Crippen molar-refractivity contribution in [3.8, 4) is 11.3 Å². The Hall–Kier alpha value is -1.85. The molecular weight excluding hydrogens is 286 g/mol. The predicted molar refractivity (Wildman–Crippen MR) is 86.6 cm³/mol. The highest BCUT2D eigenvalue weighted by Gasteiger charge is 2.14. The summed E-state index contributed by atoms with van der Waals surface area (Å²) in [5.41, 5.74) is 8.54. The van der Waals surface area contributed by atoms with E-state index in [2.05, 4.69) is 38.9 Å². The summed E-state index contributed by atoms with van der Waals surface area (Å²) in [6.45, 7) is 4.31. The molecule has 0 atom stereocenters. The van der Waals surface area contributed by atoms with Crippen molar-refractivity contribution in [3.05, 3.63) is 35.6 Å². The van der Waals surface area contributed by atoms with Gasteiger partial charge in [0.05, 0.1) is 11.9 Å². The van der Waals surface area contributed by atoms with Crippen LogP contribution in [0, 0.1) is 0 Å². The minimum atomic E-state index is 0.246. The molecule has 2 heterocycles. The van der Waals surface area contributed by atoms with E-state index in [4.69, 9.17) is 17.3 Å². The molecular formula is C15H18ClN5. The maximum atomic E-state index is 5.92. The van der Waals surface area contributed by atoms with Crippen LogP contribution in [0.25, 0.3) is 11.3 Å². The second-order valence-corrected chi connectivity index (χ2v) is 5.63. The van der Waals surface area contributed by atoms with Crippen molar-refractivity contribution in [2.75, 3.05) is 43.9 Å². The van der Waals surface area contributed by atoms with Gasteiger partial charge in [-0.15, -0.1) is 0 Å². The first-order valence-corrected chi connectivity index (χ1v) is 7.33. The van der Waals surface area contributed by atoms with Crippen molar-refractivity contribution in [1.82, 2.24) is 14.9 Å². The van der Waals surface area contributed by atoms with Gasteiger partial charge in [-0.25, -0.2) is 9.97 Å². The van der Waals surface area contributed by atoms with Crippen LogP contribution in [0.15, 0.2) is 30.5 Å². The van der Waals surface area contributed by atoms with Crippen LogP contribution in [0.3, 0.4) is 0 Å². The monoisotopic (exact) mass is 303 g/mol. The van der Waals surface area contributed by atoms with Gasteiger partial charge in [-0.05, 0) is 19.2 Å². The quantitative estimate of drug-likeness (QED) is 0.921. The number of aromatic nitrogens is 2. The molecule has 0 radical (unpaired) electrons. The Morgan fingerprint density at radius 2 is 1.76 bits per heavy atom. The topological polar surface area (TPSA) is 58.3 Å². The molecule has 2 N–H and O–H groups in total. The van der Waals surface area contributed by atoms with E-state index >= 15 is 0 Å². The summed E-state index contributed by atoms with van der Waals surface area (Å²) in [7, 11) is 2.16. The molecule has 0 unspecified atom stereocenters. The van der Waals surface area contributed by atoms with Crippen LogP contribution in [-0.4, -0.2) is 48.1 Å². The zero-order valence-electron chi connectivity index (χ0n) is 12.0. The summed E-state index contributed by atoms with van der Waals surface area (Å²) in [6, 6.07) is 8.33. The SMILES string of the molecule is CN1CCN(c2ccc(-c3cnc(N)c(Cl)n3)cc2)CC1. The highest BCUT2D eigenvalue weighted by molar-refractivity contribution is 6.31. The third-order valence-corrected chi connectivity index (χ3v) is 4.07. The van der Waals surface area contributed by atoms with Crippen LogP contribution in [0.2, 0.25) is 5.15 Å². The summed E-state index contributed by atoms with van der Waals surface area (Å²) in [4.78, 5) is 13.0. The van der Waals surface area contributed by atoms with Crippen molar-refractivity contribution in [2.24, 2.45) is 0 Å². The van der Waals surface area contributed by atoms with E-state index in [0.29, 0.717) is 0 Å². The van der Waals surface area contributed by atoms with Crippen molar-refractivity contribution < 1.29 is 0 Å². The van der Waals surface area contributed by atoms with Crippen LogP contribution in [0.5, 0.6) is 0 Å². The predicted octanol–water partition coefficient (Wildman–Crippen LogP) is 2.13. The van der Waals surface area contributed by atoms with Crippen LogP contribution in [-0.2, 0) is 0 Å². The first-order valence-electron chi connectivity index (χ1n) is 6.95. The van der Waals surface area contributed by atoms with Crippen molar-refractivity contribution in [2.45, 2.75) is 0 Å². The first-order chi connectivity index (χ1) is 10.1. The Kier molecular flexibility index (Phi) is 3.94. The van der Waals surface area contributed by atoms with Gasteiger partial charge in [0, 0.05) is 37.4 Å². The summed E-state index contributed by atoms with van der Waals surface area (Å²) in [5.74, 6) is 0.259. The Bertz CT molecular complexity index is 620. The second kappa shape index (κ2) is 5.87. The number of halogens is 1. The molecule has 2 aromatic rings. The van der Waals surface area contributed by atoms with E-state index in [9.17, 15) is 0 Å². The molecule has 6 heteroatoms. The maximum Gasteiger partial charge on any atom is 0.171 e. The van der Waals surface area contributed by atoms with Crippen molar-refractivity contribution in [1.29, 1.82) is 0 Å². The van der Waals surface area contributed by atoms with E-state index in [1.807, 2.05) is 12.1 Å². The van der Waals surface area contributed by atoms with Gasteiger partial charge in [0.15, 0.2) is 11.0 Å². The fourth-order valence-corrected chi connectivity index (χ4v) is 2.56. The third kappa shape index (κ3) is 3.09. The molecule has 1 fully saturated rings. The number of benzene rings is 1. The lowest BCUT2D eigenvalue weighted by Gasteiger charge is -2.34. The lowest BCUT2D eigenvalue weighted by atomic mass is 10.1. The average Bonchev–Trinajstić information content (AvgIpc) is 2.51. The minimum absolute atomic E-state index is 0.246. The molecule has 3 rings (SSSR count). The van der Waals surface area contributed by atoms with Gasteiger partial charge in [0.1, 0.15) is 0 Å². The lowest BCUT2D eigenvalue weighted by Crippen LogP contribution is -2.44. The summed E-state index contributed by atoms with van der Waals surface area (Å²) in [5, 5.41) is 0.246. The molecule has 0 bridgehead atoms. The molecule has 21 heavy (non-hydrogen) atoms. The minimum Gasteiger partial charge on any atom is -0.381 e. The Labute approximate surface area is 129 Å². The highest BCUT2D eigenvalue weighted by atomic mass is 35.5. The van der Waals surface area contributed by atoms with Gasteiger partial charge >= 0.3 is 0 Å². The molecule has 110 valence electrons. The van der Waals surface area contributed by atoms with Gasteiger partial charge in [0.25, 0.3) is 0 Å². The Morgan fingerprint density at radius 1 is 1.10 bits per heavy atom. The second-order valence-electron chi connectivity index (χ2n) is 5.27. The first kappa shape index (κ1) is 14.1. The molecule has 0 aliphatic carbocycles. The number of hydrogen-bond acceptors (Lipinski definition) is 5. The molecule has 0 amide bonds. The lowest BCUT2D eigenvalue weighted by molar-refractivity contribution is 0.313. The number of nitrogens with zero attached hydrogens (tertiary/aromatic N) is 4. The van der Waals surface area contributed by atoms with Crippen LogP contribution in [0.4, 0.5) is 11.5 Å². The van der Waals surface area contributed by atoms with Crippen molar-refractivity contribution in [3.63, 3.8) is 0 Å². The standard InChI is InChI=1S/C15H18ClN5/c1-20-6-8-21(9-7-20)12-4-2-11(3-5-12)13-10-18-15(17)14(16)19-13/h2-5,10H,6-9H2,1H3,(H2,17,18). The number of rotatable bonds is 2. The van der Waals surface area contributed by atoms with Gasteiger partial charge in [-0.2, -0.15) is 0 Å². The molecule has 1 saturated heterocycles. The van der Waals surface area contributed by atoms with Gasteiger partial charge in [0.2, 0.25) is 0 Å². The summed E-state index contributed by atoms with van der Waals surface area (Å²) >= 11 is 5.92. The molecule has 0 spiro atoms. The normalized spacial score (nSPS) is 16.2. The van der Waals surface area contributed by atoms with E-state index in [0.717, 1.165) is 37.4 Å². The van der Waals surface area contributed by atoms with E-state index in [-0.39, 0.29) is 11.0 Å². The smallest absolute Gasteiger partial charge is 0.171 e. The van der Waals surface area contributed by atoms with E-state index in [1.54, 1.807) is 6.20 Å². The average molecular weight is 304 g/mol. The molecule has 1 aliphatic heterocycles. The van der Waals surface area contributed by atoms with Crippen LogP contribution in [0.1, 0.15) is 0 Å². The fraction of sp³-hybridized carbons (Fsp3) is 0.333. The molecule has 1 aromatic heterocycles. The maximum absolute atomic E-state index is 5.92. The zero-order chi connectivity index (χ0) is 14.8. The number of anilines is 2. The van der Waals surface area contributed by atoms with Gasteiger partial charge in [-0.3, -0.25) is 0 Å². The van der Waals surface area contributed by atoms with Gasteiger partial charge in [-0.1, -0.05) is 23.7 Å². The number of nitrogens with two attached hydrogens (primary N) is 1. The zero-order valence-corrected chi connectivity index (χ0v) is 12.7. The van der Waals surface area contributed by atoms with E-state index < -0.39 is 0 Å². The molecule has 1 aromatic carbocycles. The molecule has 1 aliphatic rings. The largest absolute Gasteiger partial charge is 0.381 e.